The lowest BCUT2D eigenvalue weighted by Crippen LogP contribution is -1.99. The van der Waals surface area contributed by atoms with E-state index in [0.717, 1.165) is 17.9 Å². The Kier molecular flexibility index (Phi) is 8.97. The Morgan fingerprint density at radius 1 is 1.41 bits per heavy atom. The fourth-order valence-corrected chi connectivity index (χ4v) is 2.95. The molecule has 2 rings (SSSR count). The first kappa shape index (κ1) is 18.8. The molecular formula is C17H27FN2OS. The van der Waals surface area contributed by atoms with Crippen molar-refractivity contribution in [3.8, 4) is 5.88 Å². The maximum atomic E-state index is 13.7. The maximum absolute atomic E-state index is 13.7. The van der Waals surface area contributed by atoms with Crippen LogP contribution in [0, 0.1) is 11.9 Å². The summed E-state index contributed by atoms with van der Waals surface area (Å²) in [5.41, 5.74) is 1.20. The summed E-state index contributed by atoms with van der Waals surface area (Å²) in [5.74, 6) is 0.593. The molecule has 1 aliphatic carbocycles. The van der Waals surface area contributed by atoms with E-state index in [2.05, 4.69) is 15.8 Å². The zero-order valence-corrected chi connectivity index (χ0v) is 14.8. The van der Waals surface area contributed by atoms with E-state index in [0.29, 0.717) is 11.6 Å². The molecule has 1 aliphatic rings. The zero-order chi connectivity index (χ0) is 16.4. The van der Waals surface area contributed by atoms with Crippen LogP contribution in [0.25, 0.3) is 6.08 Å². The number of anilines is 1. The molecule has 0 aromatic carbocycles. The van der Waals surface area contributed by atoms with Crippen LogP contribution in [0.4, 0.5) is 10.1 Å². The fourth-order valence-electron chi connectivity index (χ4n) is 2.59. The van der Waals surface area contributed by atoms with Crippen molar-refractivity contribution in [1.82, 2.24) is 4.98 Å². The van der Waals surface area contributed by atoms with E-state index < -0.39 is 5.95 Å². The number of methoxy groups -OCH3 is 1. The smallest absolute Gasteiger partial charge is 0.240 e. The van der Waals surface area contributed by atoms with Crippen molar-refractivity contribution in [1.29, 1.82) is 0 Å². The molecular weight excluding hydrogens is 299 g/mol. The Bertz CT molecular complexity index is 474. The Morgan fingerprint density at radius 3 is 2.68 bits per heavy atom. The van der Waals surface area contributed by atoms with Crippen LogP contribution in [0.3, 0.4) is 0 Å². The molecule has 5 heteroatoms. The predicted octanol–water partition coefficient (Wildman–Crippen LogP) is 5.54. The van der Waals surface area contributed by atoms with Crippen molar-refractivity contribution in [2.24, 2.45) is 5.92 Å². The molecule has 1 fully saturated rings. The van der Waals surface area contributed by atoms with Crippen LogP contribution < -0.4 is 9.46 Å². The quantitative estimate of drug-likeness (QED) is 0.550. The SMILES string of the molecule is CC.COc1nc(F)c(NSC)cc1/C=C/CC1CCCC1. The summed E-state index contributed by atoms with van der Waals surface area (Å²) in [5, 5.41) is 0. The molecule has 0 unspecified atom stereocenters. The Hall–Kier alpha value is -1.23. The number of nitrogens with one attached hydrogen (secondary N) is 1. The molecule has 1 aromatic heterocycles. The maximum Gasteiger partial charge on any atom is 0.240 e. The second-order valence-electron chi connectivity index (χ2n) is 5.02. The fraction of sp³-hybridized carbons (Fsp3) is 0.588. The summed E-state index contributed by atoms with van der Waals surface area (Å²) in [6, 6.07) is 1.74. The molecule has 1 N–H and O–H groups in total. The second-order valence-corrected chi connectivity index (χ2v) is 5.63. The van der Waals surface area contributed by atoms with Gasteiger partial charge in [-0.2, -0.15) is 9.37 Å². The Morgan fingerprint density at radius 2 is 2.09 bits per heavy atom. The van der Waals surface area contributed by atoms with Gasteiger partial charge < -0.3 is 9.46 Å². The van der Waals surface area contributed by atoms with Crippen LogP contribution in [-0.2, 0) is 0 Å². The van der Waals surface area contributed by atoms with Gasteiger partial charge in [-0.15, -0.1) is 0 Å². The molecule has 0 atom stereocenters. The molecule has 3 nitrogen and oxygen atoms in total. The summed E-state index contributed by atoms with van der Waals surface area (Å²) in [4.78, 5) is 3.84. The third kappa shape index (κ3) is 5.52. The summed E-state index contributed by atoms with van der Waals surface area (Å²) in [7, 11) is 1.51. The lowest BCUT2D eigenvalue weighted by Gasteiger charge is -2.09. The van der Waals surface area contributed by atoms with E-state index in [1.54, 1.807) is 6.07 Å². The molecule has 0 spiro atoms. The van der Waals surface area contributed by atoms with Gasteiger partial charge in [0.15, 0.2) is 0 Å². The molecule has 1 aromatic rings. The number of hydrogen-bond donors (Lipinski definition) is 1. The van der Waals surface area contributed by atoms with Gasteiger partial charge in [-0.3, -0.25) is 0 Å². The number of rotatable bonds is 6. The number of halogens is 1. The molecule has 0 bridgehead atoms. The average Bonchev–Trinajstić information content (AvgIpc) is 3.05. The minimum atomic E-state index is -0.538. The topological polar surface area (TPSA) is 34.1 Å². The third-order valence-corrected chi connectivity index (χ3v) is 4.04. The first-order chi connectivity index (χ1) is 10.7. The number of aromatic nitrogens is 1. The molecule has 0 saturated heterocycles. The van der Waals surface area contributed by atoms with Crippen molar-refractivity contribution in [2.75, 3.05) is 18.1 Å². The average molecular weight is 326 g/mol. The molecule has 124 valence electrons. The number of hydrogen-bond acceptors (Lipinski definition) is 4. The van der Waals surface area contributed by atoms with E-state index in [4.69, 9.17) is 4.74 Å². The van der Waals surface area contributed by atoms with Crippen molar-refractivity contribution in [3.05, 3.63) is 23.7 Å². The van der Waals surface area contributed by atoms with Crippen LogP contribution in [0.5, 0.6) is 5.88 Å². The molecule has 0 radical (unpaired) electrons. The number of ether oxygens (including phenoxy) is 1. The highest BCUT2D eigenvalue weighted by atomic mass is 32.2. The lowest BCUT2D eigenvalue weighted by atomic mass is 10.0. The highest BCUT2D eigenvalue weighted by molar-refractivity contribution is 7.99. The van der Waals surface area contributed by atoms with E-state index >= 15 is 0 Å². The predicted molar refractivity (Wildman–Crippen MR) is 94.8 cm³/mol. The molecule has 1 heterocycles. The van der Waals surface area contributed by atoms with Gasteiger partial charge in [0.1, 0.15) is 5.69 Å². The summed E-state index contributed by atoms with van der Waals surface area (Å²) in [6.45, 7) is 4.00. The number of allylic oxidation sites excluding steroid dienone is 1. The summed E-state index contributed by atoms with van der Waals surface area (Å²) >= 11 is 1.34. The summed E-state index contributed by atoms with van der Waals surface area (Å²) in [6.07, 6.45) is 12.4. The largest absolute Gasteiger partial charge is 0.480 e. The van der Waals surface area contributed by atoms with Crippen LogP contribution in [-0.4, -0.2) is 18.3 Å². The van der Waals surface area contributed by atoms with Gasteiger partial charge in [0, 0.05) is 11.8 Å². The highest BCUT2D eigenvalue weighted by Crippen LogP contribution is 2.29. The van der Waals surface area contributed by atoms with Crippen LogP contribution in [0.2, 0.25) is 0 Å². The van der Waals surface area contributed by atoms with E-state index in [-0.39, 0.29) is 0 Å². The second kappa shape index (κ2) is 10.5. The monoisotopic (exact) mass is 326 g/mol. The zero-order valence-electron chi connectivity index (χ0n) is 14.0. The third-order valence-electron chi connectivity index (χ3n) is 3.62. The lowest BCUT2D eigenvalue weighted by molar-refractivity contribution is 0.387. The first-order valence-electron chi connectivity index (χ1n) is 7.94. The van der Waals surface area contributed by atoms with Gasteiger partial charge >= 0.3 is 0 Å². The Labute approximate surface area is 137 Å². The van der Waals surface area contributed by atoms with E-state index in [1.807, 2.05) is 26.2 Å². The van der Waals surface area contributed by atoms with Crippen molar-refractivity contribution < 1.29 is 9.13 Å². The molecule has 1 saturated carbocycles. The van der Waals surface area contributed by atoms with E-state index in [1.165, 1.54) is 44.7 Å². The van der Waals surface area contributed by atoms with Gasteiger partial charge in [-0.25, -0.2) is 0 Å². The van der Waals surface area contributed by atoms with E-state index in [9.17, 15) is 4.39 Å². The van der Waals surface area contributed by atoms with Gasteiger partial charge in [-0.05, 0) is 18.4 Å². The van der Waals surface area contributed by atoms with Gasteiger partial charge in [0.2, 0.25) is 11.8 Å². The van der Waals surface area contributed by atoms with Gasteiger partial charge in [0.25, 0.3) is 0 Å². The normalized spacial score (nSPS) is 14.8. The van der Waals surface area contributed by atoms with Crippen LogP contribution in [0.15, 0.2) is 12.1 Å². The number of nitrogens with zero attached hydrogens (tertiary/aromatic N) is 1. The minimum absolute atomic E-state index is 0.330. The van der Waals surface area contributed by atoms with Crippen LogP contribution >= 0.6 is 11.9 Å². The molecule has 0 aliphatic heterocycles. The highest BCUT2D eigenvalue weighted by Gasteiger charge is 2.14. The number of pyridine rings is 1. The summed E-state index contributed by atoms with van der Waals surface area (Å²) < 4.78 is 21.7. The van der Waals surface area contributed by atoms with Gasteiger partial charge in [-0.1, -0.05) is 63.6 Å². The van der Waals surface area contributed by atoms with Crippen molar-refractivity contribution >= 4 is 23.7 Å². The minimum Gasteiger partial charge on any atom is -0.480 e. The van der Waals surface area contributed by atoms with Gasteiger partial charge in [0.05, 0.1) is 7.11 Å². The molecule has 0 amide bonds. The standard InChI is InChI=1S/C15H21FN2OS.C2H6/c1-19-15-12(9-5-8-11-6-3-4-7-11)10-13(18-20-2)14(16)17-15;1-2/h5,9-11,18H,3-4,6-8H2,1-2H3;1-2H3/b9-5+;. The first-order valence-corrected chi connectivity index (χ1v) is 9.17. The molecule has 22 heavy (non-hydrogen) atoms. The van der Waals surface area contributed by atoms with Crippen molar-refractivity contribution in [2.45, 2.75) is 46.0 Å². The van der Waals surface area contributed by atoms with Crippen molar-refractivity contribution in [3.63, 3.8) is 0 Å². The van der Waals surface area contributed by atoms with Crippen LogP contribution in [0.1, 0.15) is 51.5 Å². The Balaban J connectivity index is 0.00000116.